The summed E-state index contributed by atoms with van der Waals surface area (Å²) in [6.07, 6.45) is 2.41. The predicted molar refractivity (Wildman–Crippen MR) is 135 cm³/mol. The predicted octanol–water partition coefficient (Wildman–Crippen LogP) is 7.43. The minimum absolute atomic E-state index is 0.469. The fourth-order valence-electron chi connectivity index (χ4n) is 5.76. The molecule has 0 saturated heterocycles. The van der Waals surface area contributed by atoms with Gasteiger partial charge in [0.15, 0.2) is 5.69 Å². The van der Waals surface area contributed by atoms with Gasteiger partial charge in [-0.3, -0.25) is 0 Å². The van der Waals surface area contributed by atoms with E-state index in [9.17, 15) is 0 Å². The van der Waals surface area contributed by atoms with Crippen LogP contribution in [0.2, 0.25) is 0 Å². The molecule has 0 saturated carbocycles. The largest absolute Gasteiger partial charge is 0.295 e. The van der Waals surface area contributed by atoms with E-state index in [0.717, 1.165) is 6.54 Å². The summed E-state index contributed by atoms with van der Waals surface area (Å²) in [4.78, 5) is 0. The Labute approximate surface area is 190 Å². The number of aryl methyl sites for hydroxylation is 2. The molecule has 2 nitrogen and oxygen atoms in total. The number of nitrogens with zero attached hydrogens (tertiary/aromatic N) is 2. The highest BCUT2D eigenvalue weighted by Gasteiger charge is 2.33. The Hall–Kier alpha value is -3.13. The van der Waals surface area contributed by atoms with Crippen LogP contribution in [0.25, 0.3) is 38.6 Å². The third-order valence-electron chi connectivity index (χ3n) is 7.49. The standard InChI is InChI=1S/C30H31N2/c1-17(2)22-10-8-11-23(18(3)4)29(22)27-16-31-15-21-9-7-12-24-25-13-19(5)20(6)14-26(25)32(27)30(31)28(21)24/h7-14,16-18H,15H2,1-6H3/q+1. The summed E-state index contributed by atoms with van der Waals surface area (Å²) in [6, 6.07) is 18.5. The van der Waals surface area contributed by atoms with Crippen molar-refractivity contribution < 1.29 is 4.57 Å². The molecule has 0 unspecified atom stereocenters. The summed E-state index contributed by atoms with van der Waals surface area (Å²) in [6.45, 7) is 14.7. The number of hydrogen-bond donors (Lipinski definition) is 0. The first-order valence-corrected chi connectivity index (χ1v) is 11.9. The van der Waals surface area contributed by atoms with E-state index in [1.54, 1.807) is 0 Å². The molecule has 1 aliphatic heterocycles. The van der Waals surface area contributed by atoms with E-state index in [0.29, 0.717) is 11.8 Å². The summed E-state index contributed by atoms with van der Waals surface area (Å²) in [5.41, 5.74) is 12.4. The lowest BCUT2D eigenvalue weighted by molar-refractivity contribution is -0.657. The third-order valence-corrected chi connectivity index (χ3v) is 7.49. The number of pyridine rings is 1. The lowest BCUT2D eigenvalue weighted by Gasteiger charge is -2.18. The molecule has 0 atom stereocenters. The maximum absolute atomic E-state index is 2.56. The monoisotopic (exact) mass is 419 g/mol. The Bertz CT molecular complexity index is 1540. The van der Waals surface area contributed by atoms with Crippen molar-refractivity contribution >= 4 is 27.3 Å². The highest BCUT2D eigenvalue weighted by Crippen LogP contribution is 2.41. The van der Waals surface area contributed by atoms with Crippen LogP contribution < -0.4 is 4.57 Å². The zero-order valence-corrected chi connectivity index (χ0v) is 20.0. The molecule has 0 aliphatic carbocycles. The quantitative estimate of drug-likeness (QED) is 0.208. The second-order valence-corrected chi connectivity index (χ2v) is 10.2. The number of fused-ring (bicyclic) bond motifs is 3. The average molecular weight is 420 g/mol. The first-order chi connectivity index (χ1) is 15.4. The van der Waals surface area contributed by atoms with Crippen LogP contribution in [-0.4, -0.2) is 4.40 Å². The molecule has 5 aromatic rings. The topological polar surface area (TPSA) is 8.29 Å². The molecule has 0 fully saturated rings. The maximum atomic E-state index is 2.56. The van der Waals surface area contributed by atoms with Gasteiger partial charge < -0.3 is 0 Å². The number of imidazole rings is 1. The molecule has 0 amide bonds. The molecule has 0 radical (unpaired) electrons. The molecule has 6 rings (SSSR count). The van der Waals surface area contributed by atoms with Crippen LogP contribution in [0.4, 0.5) is 0 Å². The zero-order chi connectivity index (χ0) is 22.3. The van der Waals surface area contributed by atoms with Gasteiger partial charge in [0.1, 0.15) is 18.3 Å². The molecule has 2 aromatic heterocycles. The summed E-state index contributed by atoms with van der Waals surface area (Å²) in [5, 5.41) is 4.16. The van der Waals surface area contributed by atoms with Crippen molar-refractivity contribution in [2.75, 3.05) is 0 Å². The van der Waals surface area contributed by atoms with Gasteiger partial charge in [-0.05, 0) is 60.1 Å². The van der Waals surface area contributed by atoms with Crippen molar-refractivity contribution in [3.63, 3.8) is 0 Å². The Kier molecular flexibility index (Phi) is 4.08. The molecule has 3 aromatic carbocycles. The van der Waals surface area contributed by atoms with Crippen LogP contribution >= 0.6 is 0 Å². The highest BCUT2D eigenvalue weighted by molar-refractivity contribution is 6.13. The minimum atomic E-state index is 0.469. The van der Waals surface area contributed by atoms with Crippen LogP contribution in [0, 0.1) is 13.8 Å². The molecule has 3 heterocycles. The number of benzene rings is 3. The fourth-order valence-corrected chi connectivity index (χ4v) is 5.76. The maximum Gasteiger partial charge on any atom is 0.295 e. The van der Waals surface area contributed by atoms with Crippen LogP contribution in [0.1, 0.15) is 67.3 Å². The van der Waals surface area contributed by atoms with Gasteiger partial charge >= 0.3 is 0 Å². The third kappa shape index (κ3) is 2.50. The Morgan fingerprint density at radius 2 is 1.47 bits per heavy atom. The SMILES string of the molecule is Cc1cc2c3cccc4c3c3n(c(-c5c(C(C)C)cccc5C(C)C)c[n+]3C4)c2cc1C. The Morgan fingerprint density at radius 1 is 0.812 bits per heavy atom. The van der Waals surface area contributed by atoms with Crippen molar-refractivity contribution in [2.24, 2.45) is 0 Å². The van der Waals surface area contributed by atoms with Gasteiger partial charge in [0.05, 0.1) is 5.39 Å². The second-order valence-electron chi connectivity index (χ2n) is 10.2. The van der Waals surface area contributed by atoms with Crippen molar-refractivity contribution in [2.45, 2.75) is 59.9 Å². The van der Waals surface area contributed by atoms with Crippen LogP contribution in [-0.2, 0) is 6.54 Å². The van der Waals surface area contributed by atoms with Gasteiger partial charge in [0.2, 0.25) is 0 Å². The summed E-state index contributed by atoms with van der Waals surface area (Å²) in [5.74, 6) is 0.939. The number of rotatable bonds is 3. The van der Waals surface area contributed by atoms with Gasteiger partial charge in [-0.25, -0.2) is 4.57 Å². The van der Waals surface area contributed by atoms with Crippen molar-refractivity contribution in [1.29, 1.82) is 0 Å². The summed E-state index contributed by atoms with van der Waals surface area (Å²) < 4.78 is 5.04. The summed E-state index contributed by atoms with van der Waals surface area (Å²) >= 11 is 0. The van der Waals surface area contributed by atoms with Crippen molar-refractivity contribution in [3.05, 3.63) is 82.5 Å². The number of aromatic nitrogens is 2. The van der Waals surface area contributed by atoms with Gasteiger partial charge in [-0.1, -0.05) is 64.1 Å². The van der Waals surface area contributed by atoms with Crippen LogP contribution in [0.5, 0.6) is 0 Å². The molecule has 32 heavy (non-hydrogen) atoms. The first-order valence-electron chi connectivity index (χ1n) is 11.9. The lowest BCUT2D eigenvalue weighted by atomic mass is 9.87. The molecule has 160 valence electrons. The fraction of sp³-hybridized carbons (Fsp3) is 0.300. The Morgan fingerprint density at radius 3 is 2.16 bits per heavy atom. The van der Waals surface area contributed by atoms with Gasteiger partial charge in [0.25, 0.3) is 5.65 Å². The highest BCUT2D eigenvalue weighted by atomic mass is 15.1. The van der Waals surface area contributed by atoms with Gasteiger partial charge in [0, 0.05) is 21.9 Å². The van der Waals surface area contributed by atoms with Gasteiger partial charge in [-0.2, -0.15) is 4.40 Å². The van der Waals surface area contributed by atoms with E-state index in [-0.39, 0.29) is 0 Å². The smallest absolute Gasteiger partial charge is 0.225 e. The van der Waals surface area contributed by atoms with E-state index in [4.69, 9.17) is 0 Å². The van der Waals surface area contributed by atoms with Crippen LogP contribution in [0.3, 0.4) is 0 Å². The van der Waals surface area contributed by atoms with Crippen LogP contribution in [0.15, 0.2) is 54.7 Å². The van der Waals surface area contributed by atoms with Gasteiger partial charge in [-0.15, -0.1) is 0 Å². The van der Waals surface area contributed by atoms with E-state index in [1.165, 1.54) is 66.4 Å². The zero-order valence-electron chi connectivity index (χ0n) is 20.0. The lowest BCUT2D eigenvalue weighted by Crippen LogP contribution is -2.28. The Balaban J connectivity index is 1.88. The van der Waals surface area contributed by atoms with E-state index in [1.807, 2.05) is 0 Å². The number of hydrogen-bond acceptors (Lipinski definition) is 0. The average Bonchev–Trinajstić information content (AvgIpc) is 3.30. The van der Waals surface area contributed by atoms with E-state index in [2.05, 4.69) is 105 Å². The molecule has 1 aliphatic rings. The molecular weight excluding hydrogens is 388 g/mol. The first kappa shape index (κ1) is 19.5. The molecule has 0 spiro atoms. The van der Waals surface area contributed by atoms with Crippen molar-refractivity contribution in [3.8, 4) is 11.3 Å². The van der Waals surface area contributed by atoms with E-state index >= 15 is 0 Å². The normalized spacial score (nSPS) is 13.1. The molecule has 2 heteroatoms. The molecule has 0 bridgehead atoms. The second kappa shape index (κ2) is 6.68. The van der Waals surface area contributed by atoms with E-state index < -0.39 is 0 Å². The minimum Gasteiger partial charge on any atom is -0.225 e. The molecular formula is C30H31N2+. The summed E-state index contributed by atoms with van der Waals surface area (Å²) in [7, 11) is 0. The molecule has 0 N–H and O–H groups in total. The van der Waals surface area contributed by atoms with Crippen molar-refractivity contribution in [1.82, 2.24) is 4.40 Å².